The maximum atomic E-state index is 12.9. The summed E-state index contributed by atoms with van der Waals surface area (Å²) >= 11 is 7.87. The van der Waals surface area contributed by atoms with Gasteiger partial charge in [0.1, 0.15) is 11.4 Å². The highest BCUT2D eigenvalue weighted by molar-refractivity contribution is 7.98. The lowest BCUT2D eigenvalue weighted by molar-refractivity contribution is 0.191. The van der Waals surface area contributed by atoms with Crippen LogP contribution in [0.1, 0.15) is 17.2 Å². The number of imidazole rings is 1. The van der Waals surface area contributed by atoms with Crippen LogP contribution < -0.4 is 21.1 Å². The number of anilines is 2. The number of pyridine rings is 1. The van der Waals surface area contributed by atoms with Gasteiger partial charge in [0.25, 0.3) is 5.56 Å². The average molecular weight is 525 g/mol. The van der Waals surface area contributed by atoms with Crippen LogP contribution in [0.25, 0.3) is 22.4 Å². The molecular formula is C26H29ClN6O2S. The van der Waals surface area contributed by atoms with E-state index >= 15 is 0 Å². The van der Waals surface area contributed by atoms with E-state index in [9.17, 15) is 9.90 Å². The fraction of sp³-hybridized carbons (Fsp3) is 0.308. The highest BCUT2D eigenvalue weighted by Crippen LogP contribution is 2.31. The number of aliphatic hydroxyl groups is 1. The van der Waals surface area contributed by atoms with E-state index in [1.165, 1.54) is 0 Å². The number of hydrogen-bond acceptors (Lipinski definition) is 7. The third kappa shape index (κ3) is 4.97. The number of piperazine rings is 1. The molecule has 5 rings (SSSR count). The van der Waals surface area contributed by atoms with Gasteiger partial charge in [-0.2, -0.15) is 0 Å². The largest absolute Gasteiger partial charge is 0.387 e. The van der Waals surface area contributed by atoms with Crippen molar-refractivity contribution in [3.05, 3.63) is 69.1 Å². The van der Waals surface area contributed by atoms with Gasteiger partial charge in [-0.1, -0.05) is 17.7 Å². The molecule has 0 saturated carbocycles. The zero-order valence-corrected chi connectivity index (χ0v) is 21.8. The number of nitrogens with zero attached hydrogens (tertiary/aromatic N) is 2. The predicted molar refractivity (Wildman–Crippen MR) is 149 cm³/mol. The number of aryl methyl sites for hydroxylation is 1. The van der Waals surface area contributed by atoms with E-state index in [-0.39, 0.29) is 12.1 Å². The van der Waals surface area contributed by atoms with Gasteiger partial charge in [0.15, 0.2) is 0 Å². The molecule has 36 heavy (non-hydrogen) atoms. The van der Waals surface area contributed by atoms with Crippen molar-refractivity contribution in [2.45, 2.75) is 17.9 Å². The summed E-state index contributed by atoms with van der Waals surface area (Å²) in [5.41, 5.74) is 5.34. The molecule has 188 valence electrons. The molecule has 0 aliphatic carbocycles. The summed E-state index contributed by atoms with van der Waals surface area (Å²) in [6.45, 7) is 6.06. The molecule has 2 aromatic carbocycles. The highest BCUT2D eigenvalue weighted by Gasteiger charge is 2.19. The van der Waals surface area contributed by atoms with E-state index in [0.29, 0.717) is 27.7 Å². The SMILES string of the molecule is CSc1ccc(C(O)CNc2cc[nH]c(=O)c2-c2nc3c(C)cc(N4CCNCC4)cc3[nH]2)cc1Cl. The topological polar surface area (TPSA) is 109 Å². The summed E-state index contributed by atoms with van der Waals surface area (Å²) in [6, 6.07) is 11.6. The highest BCUT2D eigenvalue weighted by atomic mass is 35.5. The lowest BCUT2D eigenvalue weighted by atomic mass is 10.1. The quantitative estimate of drug-likeness (QED) is 0.231. The number of aromatic nitrogens is 3. The third-order valence-electron chi connectivity index (χ3n) is 6.49. The Bertz CT molecular complexity index is 1450. The second kappa shape index (κ2) is 10.6. The zero-order chi connectivity index (χ0) is 25.2. The predicted octanol–water partition coefficient (Wildman–Crippen LogP) is 4.16. The number of nitrogens with one attached hydrogen (secondary N) is 4. The van der Waals surface area contributed by atoms with Gasteiger partial charge in [-0.3, -0.25) is 4.79 Å². The van der Waals surface area contributed by atoms with Crippen LogP contribution in [0.4, 0.5) is 11.4 Å². The molecule has 1 aliphatic rings. The van der Waals surface area contributed by atoms with E-state index in [0.717, 1.165) is 53.4 Å². The molecule has 1 atom stereocenters. The van der Waals surface area contributed by atoms with E-state index in [1.807, 2.05) is 25.3 Å². The van der Waals surface area contributed by atoms with E-state index < -0.39 is 6.10 Å². The molecule has 1 saturated heterocycles. The normalized spacial score (nSPS) is 14.8. The van der Waals surface area contributed by atoms with Crippen molar-refractivity contribution < 1.29 is 5.11 Å². The molecule has 0 amide bonds. The van der Waals surface area contributed by atoms with Crippen LogP contribution in [0.15, 0.2) is 52.3 Å². The lowest BCUT2D eigenvalue weighted by Gasteiger charge is -2.29. The number of rotatable bonds is 7. The van der Waals surface area contributed by atoms with Gasteiger partial charge in [0.2, 0.25) is 0 Å². The fourth-order valence-corrected chi connectivity index (χ4v) is 5.45. The van der Waals surface area contributed by atoms with Crippen LogP contribution in [-0.2, 0) is 0 Å². The first-order valence-electron chi connectivity index (χ1n) is 11.9. The Hall–Kier alpha value is -2.98. The zero-order valence-electron chi connectivity index (χ0n) is 20.2. The number of halogens is 1. The van der Waals surface area contributed by atoms with Crippen molar-refractivity contribution in [2.75, 3.05) is 49.2 Å². The molecule has 3 heterocycles. The molecule has 5 N–H and O–H groups in total. The van der Waals surface area contributed by atoms with E-state index in [4.69, 9.17) is 16.6 Å². The number of benzene rings is 2. The van der Waals surface area contributed by atoms with Gasteiger partial charge in [-0.05, 0) is 54.6 Å². The summed E-state index contributed by atoms with van der Waals surface area (Å²) in [4.78, 5) is 27.1. The van der Waals surface area contributed by atoms with Gasteiger partial charge in [-0.25, -0.2) is 4.98 Å². The first-order valence-corrected chi connectivity index (χ1v) is 13.5. The Morgan fingerprint density at radius 2 is 2.03 bits per heavy atom. The standard InChI is InChI=1S/C26H29ClN6O2S/c1-15-11-17(33-9-7-28-8-10-33)13-20-24(15)32-25(31-20)23-19(5-6-29-26(23)35)30-14-21(34)16-3-4-22(36-2)18(27)12-16/h3-6,11-13,21,28,34H,7-10,14H2,1-2H3,(H,31,32)(H2,29,30,35). The lowest BCUT2D eigenvalue weighted by Crippen LogP contribution is -2.43. The van der Waals surface area contributed by atoms with Gasteiger partial charge in [0.05, 0.1) is 27.8 Å². The molecule has 1 fully saturated rings. The molecule has 8 nitrogen and oxygen atoms in total. The Morgan fingerprint density at radius 3 is 2.78 bits per heavy atom. The molecule has 0 bridgehead atoms. The Labute approximate surface area is 218 Å². The average Bonchev–Trinajstić information content (AvgIpc) is 3.32. The number of aliphatic hydroxyl groups excluding tert-OH is 1. The van der Waals surface area contributed by atoms with Crippen LogP contribution >= 0.6 is 23.4 Å². The third-order valence-corrected chi connectivity index (χ3v) is 7.71. The minimum atomic E-state index is -0.801. The first-order chi connectivity index (χ1) is 17.4. The molecule has 0 radical (unpaired) electrons. The van der Waals surface area contributed by atoms with Gasteiger partial charge >= 0.3 is 0 Å². The summed E-state index contributed by atoms with van der Waals surface area (Å²) in [6.07, 6.45) is 2.74. The van der Waals surface area contributed by atoms with Crippen LogP contribution in [0.2, 0.25) is 5.02 Å². The number of aromatic amines is 2. The maximum Gasteiger partial charge on any atom is 0.261 e. The fourth-order valence-electron chi connectivity index (χ4n) is 4.57. The number of hydrogen-bond donors (Lipinski definition) is 5. The van der Waals surface area contributed by atoms with Gasteiger partial charge in [0, 0.05) is 49.5 Å². The summed E-state index contributed by atoms with van der Waals surface area (Å²) in [7, 11) is 0. The van der Waals surface area contributed by atoms with Crippen LogP contribution in [0.5, 0.6) is 0 Å². The number of thioether (sulfide) groups is 1. The summed E-state index contributed by atoms with van der Waals surface area (Å²) in [5.74, 6) is 0.483. The molecule has 0 spiro atoms. The van der Waals surface area contributed by atoms with Crippen LogP contribution in [0, 0.1) is 6.92 Å². The Kier molecular flexibility index (Phi) is 7.25. The van der Waals surface area contributed by atoms with Crippen LogP contribution in [-0.4, -0.2) is 59.0 Å². The molecule has 10 heteroatoms. The molecule has 1 aliphatic heterocycles. The first kappa shape index (κ1) is 24.7. The van der Waals surface area contributed by atoms with Gasteiger partial charge in [-0.15, -0.1) is 11.8 Å². The van der Waals surface area contributed by atoms with Crippen molar-refractivity contribution in [1.29, 1.82) is 0 Å². The summed E-state index contributed by atoms with van der Waals surface area (Å²) < 4.78 is 0. The maximum absolute atomic E-state index is 12.9. The Balaban J connectivity index is 1.43. The van der Waals surface area contributed by atoms with E-state index in [2.05, 4.69) is 37.6 Å². The van der Waals surface area contributed by atoms with Crippen LogP contribution in [0.3, 0.4) is 0 Å². The molecule has 4 aromatic rings. The minimum Gasteiger partial charge on any atom is -0.387 e. The Morgan fingerprint density at radius 1 is 1.22 bits per heavy atom. The molecular weight excluding hydrogens is 496 g/mol. The van der Waals surface area contributed by atoms with Crippen molar-refractivity contribution in [2.24, 2.45) is 0 Å². The number of H-pyrrole nitrogens is 2. The monoisotopic (exact) mass is 524 g/mol. The second-order valence-corrected chi connectivity index (χ2v) is 10.1. The minimum absolute atomic E-state index is 0.206. The molecule has 1 unspecified atom stereocenters. The molecule has 2 aromatic heterocycles. The smallest absolute Gasteiger partial charge is 0.261 e. The van der Waals surface area contributed by atoms with Gasteiger partial charge < -0.3 is 30.6 Å². The second-order valence-electron chi connectivity index (χ2n) is 8.87. The number of fused-ring (bicyclic) bond motifs is 1. The van der Waals surface area contributed by atoms with Crippen molar-refractivity contribution in [3.8, 4) is 11.4 Å². The van der Waals surface area contributed by atoms with Crippen molar-refractivity contribution in [1.82, 2.24) is 20.3 Å². The summed E-state index contributed by atoms with van der Waals surface area (Å²) in [5, 5.41) is 18.0. The van der Waals surface area contributed by atoms with Crippen molar-refractivity contribution >= 4 is 45.8 Å². The van der Waals surface area contributed by atoms with E-state index in [1.54, 1.807) is 30.1 Å². The van der Waals surface area contributed by atoms with Crippen molar-refractivity contribution in [3.63, 3.8) is 0 Å².